The molecule has 2 N–H and O–H groups in total. The van der Waals surface area contributed by atoms with Crippen molar-refractivity contribution in [3.05, 3.63) is 83.9 Å². The van der Waals surface area contributed by atoms with Crippen molar-refractivity contribution in [2.24, 2.45) is 5.73 Å². The molecule has 20 heavy (non-hydrogen) atoms. The maximum Gasteiger partial charge on any atom is 0.000157 e. The van der Waals surface area contributed by atoms with Crippen LogP contribution < -0.4 is 5.73 Å². The van der Waals surface area contributed by atoms with E-state index in [1.54, 1.807) is 0 Å². The van der Waals surface area contributed by atoms with Crippen LogP contribution in [-0.2, 0) is 6.42 Å². The van der Waals surface area contributed by atoms with E-state index >= 15 is 0 Å². The van der Waals surface area contributed by atoms with Crippen LogP contribution in [0, 0.1) is 0 Å². The molecule has 0 bridgehead atoms. The third-order valence-electron chi connectivity index (χ3n) is 3.85. The van der Waals surface area contributed by atoms with Gasteiger partial charge in [-0.3, -0.25) is 0 Å². The highest BCUT2D eigenvalue weighted by atomic mass is 14.5. The monoisotopic (exact) mass is 261 g/mol. The van der Waals surface area contributed by atoms with Gasteiger partial charge in [0.2, 0.25) is 0 Å². The van der Waals surface area contributed by atoms with Crippen molar-refractivity contribution in [3.8, 4) is 0 Å². The Morgan fingerprint density at radius 1 is 0.750 bits per heavy atom. The molecule has 0 amide bonds. The largest absolute Gasteiger partial charge is 0.330 e. The van der Waals surface area contributed by atoms with E-state index in [2.05, 4.69) is 66.7 Å². The fourth-order valence-electron chi connectivity index (χ4n) is 2.71. The highest BCUT2D eigenvalue weighted by Crippen LogP contribution is 2.22. The van der Waals surface area contributed by atoms with E-state index in [0.29, 0.717) is 12.5 Å². The Balaban J connectivity index is 1.87. The number of hydrogen-bond acceptors (Lipinski definition) is 1. The Morgan fingerprint density at radius 3 is 2.20 bits per heavy atom. The van der Waals surface area contributed by atoms with E-state index < -0.39 is 0 Å². The van der Waals surface area contributed by atoms with Crippen LogP contribution in [0.2, 0.25) is 0 Å². The van der Waals surface area contributed by atoms with Gasteiger partial charge >= 0.3 is 0 Å². The summed E-state index contributed by atoms with van der Waals surface area (Å²) < 4.78 is 0. The van der Waals surface area contributed by atoms with Gasteiger partial charge in [0.25, 0.3) is 0 Å². The molecule has 0 radical (unpaired) electrons. The van der Waals surface area contributed by atoms with Crippen LogP contribution in [0.3, 0.4) is 0 Å². The number of nitrogens with two attached hydrogens (primary N) is 1. The number of rotatable bonds is 4. The van der Waals surface area contributed by atoms with Gasteiger partial charge in [-0.05, 0) is 34.9 Å². The fraction of sp³-hybridized carbons (Fsp3) is 0.158. The van der Waals surface area contributed by atoms with Crippen molar-refractivity contribution in [1.82, 2.24) is 0 Å². The van der Waals surface area contributed by atoms with Crippen LogP contribution in [0.25, 0.3) is 10.8 Å². The van der Waals surface area contributed by atoms with Crippen molar-refractivity contribution in [2.45, 2.75) is 12.3 Å². The molecule has 3 aromatic carbocycles. The number of benzene rings is 3. The highest BCUT2D eigenvalue weighted by Gasteiger charge is 2.10. The molecular weight excluding hydrogens is 242 g/mol. The lowest BCUT2D eigenvalue weighted by Crippen LogP contribution is -2.14. The second kappa shape index (κ2) is 5.89. The predicted octanol–water partition coefficient (Wildman–Crippen LogP) is 4.12. The maximum atomic E-state index is 5.97. The summed E-state index contributed by atoms with van der Waals surface area (Å²) in [6.45, 7) is 0.677. The van der Waals surface area contributed by atoms with E-state index in [0.717, 1.165) is 6.42 Å². The summed E-state index contributed by atoms with van der Waals surface area (Å²) in [6, 6.07) is 25.7. The van der Waals surface area contributed by atoms with Gasteiger partial charge in [0.05, 0.1) is 0 Å². The first-order valence-electron chi connectivity index (χ1n) is 7.09. The first kappa shape index (κ1) is 12.9. The molecule has 1 heteroatoms. The molecule has 0 aliphatic carbocycles. The molecule has 100 valence electrons. The number of fused-ring (bicyclic) bond motifs is 1. The predicted molar refractivity (Wildman–Crippen MR) is 85.9 cm³/mol. The molecule has 0 aromatic heterocycles. The molecule has 0 saturated heterocycles. The standard InChI is InChI=1S/C19H19N/c20-14-19(16-6-2-1-3-7-16)13-15-10-11-17-8-4-5-9-18(17)12-15/h1-12,19H,13-14,20H2. The molecule has 3 aromatic rings. The maximum absolute atomic E-state index is 5.97. The average molecular weight is 261 g/mol. The lowest BCUT2D eigenvalue weighted by molar-refractivity contribution is 0.695. The van der Waals surface area contributed by atoms with E-state index in [1.165, 1.54) is 21.9 Å². The summed E-state index contributed by atoms with van der Waals surface area (Å²) in [7, 11) is 0. The minimum Gasteiger partial charge on any atom is -0.330 e. The quantitative estimate of drug-likeness (QED) is 0.751. The van der Waals surface area contributed by atoms with Crippen LogP contribution in [0.4, 0.5) is 0 Å². The van der Waals surface area contributed by atoms with Crippen LogP contribution in [0.15, 0.2) is 72.8 Å². The topological polar surface area (TPSA) is 26.0 Å². The van der Waals surface area contributed by atoms with E-state index in [4.69, 9.17) is 5.73 Å². The SMILES string of the molecule is NCC(Cc1ccc2ccccc2c1)c1ccccc1. The van der Waals surface area contributed by atoms with Crippen molar-refractivity contribution < 1.29 is 0 Å². The zero-order valence-corrected chi connectivity index (χ0v) is 11.5. The molecule has 0 heterocycles. The zero-order valence-electron chi connectivity index (χ0n) is 11.5. The van der Waals surface area contributed by atoms with Gasteiger partial charge in [0, 0.05) is 5.92 Å². The van der Waals surface area contributed by atoms with Crippen LogP contribution >= 0.6 is 0 Å². The molecule has 0 aliphatic heterocycles. The Bertz CT molecular complexity index is 688. The number of hydrogen-bond donors (Lipinski definition) is 1. The summed E-state index contributed by atoms with van der Waals surface area (Å²) in [5, 5.41) is 2.59. The van der Waals surface area contributed by atoms with Gasteiger partial charge in [-0.25, -0.2) is 0 Å². The summed E-state index contributed by atoms with van der Waals surface area (Å²) in [5.74, 6) is 0.386. The van der Waals surface area contributed by atoms with Gasteiger partial charge in [0.1, 0.15) is 0 Å². The molecule has 0 fully saturated rings. The van der Waals surface area contributed by atoms with Gasteiger partial charge in [-0.15, -0.1) is 0 Å². The van der Waals surface area contributed by atoms with Gasteiger partial charge < -0.3 is 5.73 Å². The van der Waals surface area contributed by atoms with Crippen LogP contribution in [0.5, 0.6) is 0 Å². The summed E-state index contributed by atoms with van der Waals surface area (Å²) in [6.07, 6.45) is 0.991. The molecule has 0 aliphatic rings. The molecule has 0 saturated carbocycles. The minimum atomic E-state index is 0.386. The second-order valence-corrected chi connectivity index (χ2v) is 5.23. The third kappa shape index (κ3) is 2.73. The van der Waals surface area contributed by atoms with Crippen molar-refractivity contribution in [1.29, 1.82) is 0 Å². The van der Waals surface area contributed by atoms with E-state index in [1.807, 2.05) is 6.07 Å². The average Bonchev–Trinajstić information content (AvgIpc) is 2.53. The lowest BCUT2D eigenvalue weighted by atomic mass is 9.91. The van der Waals surface area contributed by atoms with Crippen molar-refractivity contribution >= 4 is 10.8 Å². The Hall–Kier alpha value is -2.12. The molecule has 1 atom stereocenters. The third-order valence-corrected chi connectivity index (χ3v) is 3.85. The Morgan fingerprint density at radius 2 is 1.45 bits per heavy atom. The van der Waals surface area contributed by atoms with Gasteiger partial charge in [-0.2, -0.15) is 0 Å². The van der Waals surface area contributed by atoms with Crippen molar-refractivity contribution in [3.63, 3.8) is 0 Å². The van der Waals surface area contributed by atoms with E-state index in [9.17, 15) is 0 Å². The summed E-state index contributed by atoms with van der Waals surface area (Å²) >= 11 is 0. The summed E-state index contributed by atoms with van der Waals surface area (Å²) in [5.41, 5.74) is 8.64. The molecular formula is C19H19N. The lowest BCUT2D eigenvalue weighted by Gasteiger charge is -2.15. The first-order chi connectivity index (χ1) is 9.86. The molecule has 1 nitrogen and oxygen atoms in total. The van der Waals surface area contributed by atoms with Crippen LogP contribution in [0.1, 0.15) is 17.0 Å². The fourth-order valence-corrected chi connectivity index (χ4v) is 2.71. The first-order valence-corrected chi connectivity index (χ1v) is 7.09. The molecule has 0 spiro atoms. The van der Waals surface area contributed by atoms with Gasteiger partial charge in [0.15, 0.2) is 0 Å². The van der Waals surface area contributed by atoms with Crippen molar-refractivity contribution in [2.75, 3.05) is 6.54 Å². The van der Waals surface area contributed by atoms with Crippen LogP contribution in [-0.4, -0.2) is 6.54 Å². The zero-order chi connectivity index (χ0) is 13.8. The highest BCUT2D eigenvalue weighted by molar-refractivity contribution is 5.83. The van der Waals surface area contributed by atoms with E-state index in [-0.39, 0.29) is 0 Å². The normalized spacial score (nSPS) is 12.4. The second-order valence-electron chi connectivity index (χ2n) is 5.23. The smallest absolute Gasteiger partial charge is 0.000157 e. The minimum absolute atomic E-state index is 0.386. The Kier molecular flexibility index (Phi) is 3.80. The summed E-state index contributed by atoms with van der Waals surface area (Å²) in [4.78, 5) is 0. The Labute approximate surface area is 120 Å². The van der Waals surface area contributed by atoms with Gasteiger partial charge in [-0.1, -0.05) is 72.8 Å². The molecule has 3 rings (SSSR count). The molecule has 1 unspecified atom stereocenters.